The molecule has 6 aromatic rings. The number of esters is 1. The van der Waals surface area contributed by atoms with E-state index in [4.69, 9.17) is 19.2 Å². The summed E-state index contributed by atoms with van der Waals surface area (Å²) in [6.45, 7) is 2.41. The minimum Gasteiger partial charge on any atom is -0.467 e. The number of ether oxygens (including phenoxy) is 3. The number of benzene rings is 5. The lowest BCUT2D eigenvalue weighted by Crippen LogP contribution is -2.47. The quantitative estimate of drug-likeness (QED) is 0.0789. The molecule has 9 nitrogen and oxygen atoms in total. The van der Waals surface area contributed by atoms with Gasteiger partial charge in [-0.3, -0.25) is 0 Å². The van der Waals surface area contributed by atoms with Crippen molar-refractivity contribution in [3.8, 4) is 11.1 Å². The van der Waals surface area contributed by atoms with Gasteiger partial charge in [0.05, 0.1) is 36.1 Å². The number of aliphatic hydroxyl groups is 1. The average molecular weight is 774 g/mol. The fourth-order valence-electron chi connectivity index (χ4n) is 6.68. The first-order chi connectivity index (χ1) is 26.9. The standard InChI is InChI=1S/C44H43N3O6S2/c1-28-38(27-54-44-47-36-16-6-7-17-39(36)55-44)52-42(53-40(28)32-20-18-30(26-48)19-21-32)35-15-9-14-34(24-35)33-13-8-12-31(22-33)25-45-43(50)46-37(41(49)51-2)23-29-10-4-3-5-11-29/h3-22,24,28,37-38,40,42,48H,23,25-27H2,1-2H3,(H2,45,46,50)/t28-,37+,38+,40+,42+/m1/s1. The van der Waals surface area contributed by atoms with E-state index >= 15 is 0 Å². The molecule has 1 fully saturated rings. The van der Waals surface area contributed by atoms with Crippen molar-refractivity contribution in [2.24, 2.45) is 5.92 Å². The van der Waals surface area contributed by atoms with Gasteiger partial charge in [0.15, 0.2) is 10.6 Å². The molecule has 0 bridgehead atoms. The van der Waals surface area contributed by atoms with Crippen molar-refractivity contribution in [2.75, 3.05) is 12.9 Å². The molecule has 0 aliphatic carbocycles. The predicted molar refractivity (Wildman–Crippen MR) is 217 cm³/mol. The summed E-state index contributed by atoms with van der Waals surface area (Å²) in [5.74, 6) is 0.246. The molecule has 1 aliphatic rings. The maximum absolute atomic E-state index is 12.9. The second-order valence-corrected chi connectivity index (χ2v) is 15.8. The second kappa shape index (κ2) is 18.1. The molecule has 55 heavy (non-hydrogen) atoms. The first kappa shape index (κ1) is 38.2. The minimum atomic E-state index is -0.820. The van der Waals surface area contributed by atoms with Crippen LogP contribution in [0.4, 0.5) is 4.79 Å². The molecule has 11 heteroatoms. The lowest BCUT2D eigenvalue weighted by Gasteiger charge is -2.41. The largest absolute Gasteiger partial charge is 0.467 e. The monoisotopic (exact) mass is 773 g/mol. The average Bonchev–Trinajstić information content (AvgIpc) is 3.66. The number of carbonyl (C=O) groups is 2. The number of urea groups is 1. The summed E-state index contributed by atoms with van der Waals surface area (Å²) < 4.78 is 20.6. The van der Waals surface area contributed by atoms with Crippen LogP contribution in [0.1, 0.15) is 47.1 Å². The molecule has 5 atom stereocenters. The summed E-state index contributed by atoms with van der Waals surface area (Å²) in [6.07, 6.45) is -0.663. The van der Waals surface area contributed by atoms with Crippen molar-refractivity contribution in [3.63, 3.8) is 0 Å². The van der Waals surface area contributed by atoms with Crippen molar-refractivity contribution >= 4 is 45.3 Å². The summed E-state index contributed by atoms with van der Waals surface area (Å²) >= 11 is 3.40. The normalized spacial score (nSPS) is 18.7. The van der Waals surface area contributed by atoms with Gasteiger partial charge in [0.25, 0.3) is 0 Å². The first-order valence-electron chi connectivity index (χ1n) is 18.2. The SMILES string of the molecule is COC(=O)[C@H](Cc1ccccc1)NC(=O)NCc1cccc(-c2cccc([C@H]3O[C@@H](CSc4nc5ccccc5s4)[C@@H](C)[C@@H](c4ccc(CO)cc4)O3)c2)c1. The number of hydrogen-bond donors (Lipinski definition) is 3. The zero-order valence-electron chi connectivity index (χ0n) is 30.6. The lowest BCUT2D eigenvalue weighted by molar-refractivity contribution is -0.268. The van der Waals surface area contributed by atoms with E-state index in [9.17, 15) is 14.7 Å². The Balaban J connectivity index is 1.06. The van der Waals surface area contributed by atoms with Crippen molar-refractivity contribution in [2.45, 2.75) is 55.4 Å². The van der Waals surface area contributed by atoms with E-state index in [1.165, 1.54) is 7.11 Å². The molecule has 2 amide bonds. The Labute approximate surface area is 329 Å². The molecule has 1 saturated heterocycles. The summed E-state index contributed by atoms with van der Waals surface area (Å²) in [6, 6.07) is 40.5. The topological polar surface area (TPSA) is 119 Å². The number of nitrogens with zero attached hydrogens (tertiary/aromatic N) is 1. The highest BCUT2D eigenvalue weighted by Gasteiger charge is 2.38. The van der Waals surface area contributed by atoms with Crippen molar-refractivity contribution in [3.05, 3.63) is 155 Å². The van der Waals surface area contributed by atoms with Crippen LogP contribution in [0.5, 0.6) is 0 Å². The molecule has 0 radical (unpaired) electrons. The van der Waals surface area contributed by atoms with Crippen LogP contribution in [-0.4, -0.2) is 47.1 Å². The van der Waals surface area contributed by atoms with Crippen LogP contribution < -0.4 is 10.6 Å². The number of fused-ring (bicyclic) bond motifs is 1. The zero-order valence-corrected chi connectivity index (χ0v) is 32.2. The molecule has 0 unspecified atom stereocenters. The van der Waals surface area contributed by atoms with Gasteiger partial charge in [0, 0.05) is 30.2 Å². The third kappa shape index (κ3) is 9.62. The van der Waals surface area contributed by atoms with Crippen LogP contribution >= 0.6 is 23.1 Å². The van der Waals surface area contributed by atoms with Crippen LogP contribution in [-0.2, 0) is 38.6 Å². The fourth-order valence-corrected chi connectivity index (χ4v) is 8.94. The number of hydrogen-bond acceptors (Lipinski definition) is 9. The Morgan fingerprint density at radius 2 is 1.56 bits per heavy atom. The molecule has 0 saturated carbocycles. The van der Waals surface area contributed by atoms with Gasteiger partial charge in [0.2, 0.25) is 0 Å². The van der Waals surface area contributed by atoms with E-state index in [-0.39, 0.29) is 31.3 Å². The van der Waals surface area contributed by atoms with Crippen molar-refractivity contribution < 1.29 is 28.9 Å². The number of carbonyl (C=O) groups excluding carboxylic acids is 2. The van der Waals surface area contributed by atoms with Gasteiger partial charge in [-0.1, -0.05) is 122 Å². The highest BCUT2D eigenvalue weighted by Crippen LogP contribution is 2.44. The van der Waals surface area contributed by atoms with Gasteiger partial charge in [-0.05, 0) is 57.6 Å². The Bertz CT molecular complexity index is 2180. The molecule has 1 aromatic heterocycles. The maximum Gasteiger partial charge on any atom is 0.328 e. The van der Waals surface area contributed by atoms with Gasteiger partial charge < -0.3 is 30.0 Å². The number of para-hydroxylation sites is 1. The van der Waals surface area contributed by atoms with Gasteiger partial charge in [-0.15, -0.1) is 11.3 Å². The lowest BCUT2D eigenvalue weighted by atomic mass is 9.91. The van der Waals surface area contributed by atoms with Crippen LogP contribution in [0.3, 0.4) is 0 Å². The number of thiazole rings is 1. The molecular formula is C44H43N3O6S2. The Morgan fingerprint density at radius 1 is 0.836 bits per heavy atom. The molecule has 2 heterocycles. The van der Waals surface area contributed by atoms with E-state index in [2.05, 4.69) is 29.7 Å². The molecule has 0 spiro atoms. The highest BCUT2D eigenvalue weighted by atomic mass is 32.2. The Kier molecular flexibility index (Phi) is 12.6. The van der Waals surface area contributed by atoms with E-state index in [1.807, 2.05) is 115 Å². The number of aliphatic hydroxyl groups excluding tert-OH is 1. The molecule has 7 rings (SSSR count). The summed E-state index contributed by atoms with van der Waals surface area (Å²) in [5.41, 5.74) is 7.54. The number of rotatable bonds is 13. The van der Waals surface area contributed by atoms with E-state index in [0.717, 1.165) is 53.5 Å². The smallest absolute Gasteiger partial charge is 0.328 e. The van der Waals surface area contributed by atoms with Gasteiger partial charge in [0.1, 0.15) is 6.04 Å². The highest BCUT2D eigenvalue weighted by molar-refractivity contribution is 8.01. The fraction of sp³-hybridized carbons (Fsp3) is 0.250. The molecule has 3 N–H and O–H groups in total. The number of nitrogens with one attached hydrogen (secondary N) is 2. The van der Waals surface area contributed by atoms with Crippen LogP contribution in [0.15, 0.2) is 132 Å². The second-order valence-electron chi connectivity index (χ2n) is 13.5. The number of amides is 2. The first-order valence-corrected chi connectivity index (χ1v) is 20.0. The molecule has 282 valence electrons. The van der Waals surface area contributed by atoms with Crippen molar-refractivity contribution in [1.29, 1.82) is 0 Å². The third-order valence-corrected chi connectivity index (χ3v) is 12.0. The summed E-state index contributed by atoms with van der Waals surface area (Å²) in [4.78, 5) is 30.2. The van der Waals surface area contributed by atoms with Crippen LogP contribution in [0.2, 0.25) is 0 Å². The van der Waals surface area contributed by atoms with Gasteiger partial charge in [-0.25, -0.2) is 14.6 Å². The number of thioether (sulfide) groups is 1. The van der Waals surface area contributed by atoms with Crippen molar-refractivity contribution in [1.82, 2.24) is 15.6 Å². The van der Waals surface area contributed by atoms with E-state index in [0.29, 0.717) is 12.2 Å². The maximum atomic E-state index is 12.9. The Morgan fingerprint density at radius 3 is 2.33 bits per heavy atom. The zero-order chi connectivity index (χ0) is 38.1. The summed E-state index contributed by atoms with van der Waals surface area (Å²) in [5, 5.41) is 15.3. The number of methoxy groups -OCH3 is 1. The summed E-state index contributed by atoms with van der Waals surface area (Å²) in [7, 11) is 1.31. The van der Waals surface area contributed by atoms with E-state index in [1.54, 1.807) is 23.1 Å². The van der Waals surface area contributed by atoms with Gasteiger partial charge >= 0.3 is 12.0 Å². The molecule has 5 aromatic carbocycles. The molecular weight excluding hydrogens is 731 g/mol. The predicted octanol–water partition coefficient (Wildman–Crippen LogP) is 8.62. The number of aromatic nitrogens is 1. The van der Waals surface area contributed by atoms with E-state index < -0.39 is 24.3 Å². The molecule has 1 aliphatic heterocycles. The van der Waals surface area contributed by atoms with Crippen LogP contribution in [0, 0.1) is 5.92 Å². The van der Waals surface area contributed by atoms with Gasteiger partial charge in [-0.2, -0.15) is 0 Å². The Hall–Kier alpha value is -5.04. The van der Waals surface area contributed by atoms with Crippen LogP contribution in [0.25, 0.3) is 21.3 Å². The third-order valence-electron chi connectivity index (χ3n) is 9.71. The minimum absolute atomic E-state index is 0.0175.